The van der Waals surface area contributed by atoms with Crippen molar-refractivity contribution in [3.05, 3.63) is 69.2 Å². The summed E-state index contributed by atoms with van der Waals surface area (Å²) in [5, 5.41) is 16.2. The van der Waals surface area contributed by atoms with Gasteiger partial charge in [0.1, 0.15) is 17.2 Å². The Morgan fingerprint density at radius 2 is 1.91 bits per heavy atom. The van der Waals surface area contributed by atoms with E-state index in [0.717, 1.165) is 24.7 Å². The van der Waals surface area contributed by atoms with Crippen molar-refractivity contribution in [2.75, 3.05) is 5.32 Å². The number of fused-ring (bicyclic) bond motifs is 1. The SMILES string of the molecule is Cc1onc(C#Cc2cc3sc(C4(C(=O)O)CC4)cc3s2)c1NC(=O)OC(C)c1ccccc1. The molecule has 34 heavy (non-hydrogen) atoms. The van der Waals surface area contributed by atoms with Gasteiger partial charge in [0, 0.05) is 14.3 Å². The first-order valence-corrected chi connectivity index (χ1v) is 12.3. The van der Waals surface area contributed by atoms with E-state index in [1.54, 1.807) is 13.8 Å². The van der Waals surface area contributed by atoms with Gasteiger partial charge in [0.05, 0.1) is 4.88 Å². The van der Waals surface area contributed by atoms with E-state index in [-0.39, 0.29) is 0 Å². The molecule has 3 aromatic heterocycles. The van der Waals surface area contributed by atoms with Crippen LogP contribution in [-0.4, -0.2) is 22.3 Å². The number of nitrogens with one attached hydrogen (secondary N) is 1. The molecule has 1 aliphatic rings. The van der Waals surface area contributed by atoms with Crippen molar-refractivity contribution < 1.29 is 24.0 Å². The number of carboxylic acid groups (broad SMARTS) is 1. The zero-order chi connectivity index (χ0) is 23.9. The standard InChI is InChI=1S/C25H20N2O5S2/c1-14(16-6-4-3-5-7-16)31-24(30)26-22-15(2)32-27-18(22)9-8-17-12-19-20(33-17)13-21(34-19)25(10-11-25)23(28)29/h3-7,12-14H,10-11H2,1-2H3,(H,26,30)(H,28,29). The first-order chi connectivity index (χ1) is 16.4. The monoisotopic (exact) mass is 492 g/mol. The van der Waals surface area contributed by atoms with Crippen LogP contribution in [-0.2, 0) is 14.9 Å². The minimum Gasteiger partial charge on any atom is -0.481 e. The summed E-state index contributed by atoms with van der Waals surface area (Å²) >= 11 is 3.01. The summed E-state index contributed by atoms with van der Waals surface area (Å²) < 4.78 is 12.7. The summed E-state index contributed by atoms with van der Waals surface area (Å²) in [4.78, 5) is 25.7. The van der Waals surface area contributed by atoms with Crippen LogP contribution in [0.15, 0.2) is 47.0 Å². The molecule has 7 nitrogen and oxygen atoms in total. The highest BCUT2D eigenvalue weighted by atomic mass is 32.1. The van der Waals surface area contributed by atoms with E-state index in [4.69, 9.17) is 9.26 Å². The van der Waals surface area contributed by atoms with Gasteiger partial charge in [0.25, 0.3) is 0 Å². The molecule has 172 valence electrons. The van der Waals surface area contributed by atoms with Gasteiger partial charge >= 0.3 is 12.1 Å². The summed E-state index contributed by atoms with van der Waals surface area (Å²) in [6.07, 6.45) is 0.339. The van der Waals surface area contributed by atoms with Gasteiger partial charge < -0.3 is 14.4 Å². The lowest BCUT2D eigenvalue weighted by atomic mass is 10.1. The van der Waals surface area contributed by atoms with E-state index in [9.17, 15) is 14.7 Å². The molecule has 0 spiro atoms. The van der Waals surface area contributed by atoms with Crippen LogP contribution in [0.5, 0.6) is 0 Å². The van der Waals surface area contributed by atoms with Crippen molar-refractivity contribution in [2.24, 2.45) is 0 Å². The molecule has 2 N–H and O–H groups in total. The number of aryl methyl sites for hydroxylation is 1. The van der Waals surface area contributed by atoms with E-state index >= 15 is 0 Å². The Kier molecular flexibility index (Phi) is 5.63. The zero-order valence-electron chi connectivity index (χ0n) is 18.4. The van der Waals surface area contributed by atoms with Crippen molar-refractivity contribution >= 4 is 49.8 Å². The van der Waals surface area contributed by atoms with E-state index in [2.05, 4.69) is 22.3 Å². The van der Waals surface area contributed by atoms with Crippen molar-refractivity contribution in [1.29, 1.82) is 0 Å². The Morgan fingerprint density at radius 3 is 2.59 bits per heavy atom. The first kappa shape index (κ1) is 22.2. The molecule has 3 heterocycles. The normalized spacial score (nSPS) is 14.8. The van der Waals surface area contributed by atoms with Gasteiger partial charge in [0.2, 0.25) is 0 Å². The van der Waals surface area contributed by atoms with Crippen LogP contribution in [0.3, 0.4) is 0 Å². The highest BCUT2D eigenvalue weighted by Crippen LogP contribution is 2.52. The average molecular weight is 493 g/mol. The third kappa shape index (κ3) is 4.18. The van der Waals surface area contributed by atoms with Crippen molar-refractivity contribution in [1.82, 2.24) is 5.16 Å². The van der Waals surface area contributed by atoms with Crippen LogP contribution in [0.25, 0.3) is 9.40 Å². The topological polar surface area (TPSA) is 102 Å². The molecular weight excluding hydrogens is 472 g/mol. The van der Waals surface area contributed by atoms with Gasteiger partial charge in [0.15, 0.2) is 11.5 Å². The maximum absolute atomic E-state index is 12.4. The number of aromatic nitrogens is 1. The molecule has 5 rings (SSSR count). The summed E-state index contributed by atoms with van der Waals surface area (Å²) in [5.74, 6) is 5.71. The number of carboxylic acids is 1. The van der Waals surface area contributed by atoms with Crippen LogP contribution >= 0.6 is 22.7 Å². The first-order valence-electron chi connectivity index (χ1n) is 10.6. The fourth-order valence-electron chi connectivity index (χ4n) is 3.63. The largest absolute Gasteiger partial charge is 0.481 e. The van der Waals surface area contributed by atoms with E-state index in [1.165, 1.54) is 22.7 Å². The molecule has 1 aliphatic carbocycles. The van der Waals surface area contributed by atoms with Crippen molar-refractivity contribution in [3.8, 4) is 11.8 Å². The van der Waals surface area contributed by atoms with Gasteiger partial charge in [-0.25, -0.2) is 4.79 Å². The third-order valence-electron chi connectivity index (χ3n) is 5.78. The second kappa shape index (κ2) is 8.63. The minimum atomic E-state index is -0.750. The number of thiophene rings is 2. The Morgan fingerprint density at radius 1 is 1.18 bits per heavy atom. The second-order valence-electron chi connectivity index (χ2n) is 8.13. The molecule has 0 aliphatic heterocycles. The van der Waals surface area contributed by atoms with Gasteiger partial charge in [-0.05, 0) is 56.2 Å². The van der Waals surface area contributed by atoms with E-state index in [0.29, 0.717) is 30.0 Å². The molecule has 0 radical (unpaired) electrons. The zero-order valence-corrected chi connectivity index (χ0v) is 20.0. The van der Waals surface area contributed by atoms with Crippen LogP contribution in [0, 0.1) is 18.8 Å². The number of benzene rings is 1. The summed E-state index contributed by atoms with van der Waals surface area (Å²) in [6, 6.07) is 13.4. The fourth-order valence-corrected chi connectivity index (χ4v) is 6.12. The fraction of sp³-hybridized carbons (Fsp3) is 0.240. The van der Waals surface area contributed by atoms with E-state index in [1.807, 2.05) is 42.5 Å². The van der Waals surface area contributed by atoms with Crippen LogP contribution in [0.4, 0.5) is 10.5 Å². The van der Waals surface area contributed by atoms with Gasteiger partial charge in [-0.15, -0.1) is 22.7 Å². The van der Waals surface area contributed by atoms with Gasteiger partial charge in [-0.3, -0.25) is 10.1 Å². The number of anilines is 1. The molecule has 0 bridgehead atoms. The lowest BCUT2D eigenvalue weighted by molar-refractivity contribution is -0.139. The van der Waals surface area contributed by atoms with E-state index < -0.39 is 23.6 Å². The number of ether oxygens (including phenoxy) is 1. The number of amides is 1. The number of aliphatic carboxylic acids is 1. The predicted octanol–water partition coefficient (Wildman–Crippen LogP) is 6.08. The Labute approximate surface area is 203 Å². The molecule has 1 unspecified atom stereocenters. The number of nitrogens with zero attached hydrogens (tertiary/aromatic N) is 1. The molecule has 1 atom stereocenters. The molecule has 4 aromatic rings. The van der Waals surface area contributed by atoms with Crippen molar-refractivity contribution in [3.63, 3.8) is 0 Å². The summed E-state index contributed by atoms with van der Waals surface area (Å²) in [5.41, 5.74) is 0.870. The maximum atomic E-state index is 12.4. The van der Waals surface area contributed by atoms with Crippen LogP contribution < -0.4 is 5.32 Å². The second-order valence-corrected chi connectivity index (χ2v) is 10.3. The summed E-state index contributed by atoms with van der Waals surface area (Å²) in [7, 11) is 0. The number of carbonyl (C=O) groups is 2. The number of hydrogen-bond donors (Lipinski definition) is 2. The number of hydrogen-bond acceptors (Lipinski definition) is 7. The minimum absolute atomic E-state index is 0.307. The Balaban J connectivity index is 1.30. The van der Waals surface area contributed by atoms with Crippen LogP contribution in [0.2, 0.25) is 0 Å². The maximum Gasteiger partial charge on any atom is 0.412 e. The number of rotatable bonds is 5. The number of carbonyl (C=O) groups excluding carboxylic acids is 1. The van der Waals surface area contributed by atoms with Gasteiger partial charge in [-0.2, -0.15) is 0 Å². The lowest BCUT2D eigenvalue weighted by Gasteiger charge is -2.13. The molecule has 9 heteroatoms. The third-order valence-corrected chi connectivity index (χ3v) is 8.20. The Bertz CT molecular complexity index is 1420. The highest BCUT2D eigenvalue weighted by Gasteiger charge is 2.53. The smallest absolute Gasteiger partial charge is 0.412 e. The molecule has 1 saturated carbocycles. The highest BCUT2D eigenvalue weighted by molar-refractivity contribution is 7.28. The Hall–Kier alpha value is -3.61. The average Bonchev–Trinajstić information content (AvgIpc) is 3.26. The van der Waals surface area contributed by atoms with Gasteiger partial charge in [-0.1, -0.05) is 35.5 Å². The lowest BCUT2D eigenvalue weighted by Crippen LogP contribution is -2.17. The quantitative estimate of drug-likeness (QED) is 0.327. The molecular formula is C25H20N2O5S2. The molecule has 1 fully saturated rings. The van der Waals surface area contributed by atoms with Crippen molar-refractivity contribution in [2.45, 2.75) is 38.2 Å². The predicted molar refractivity (Wildman–Crippen MR) is 130 cm³/mol. The summed E-state index contributed by atoms with van der Waals surface area (Å²) in [6.45, 7) is 3.48. The molecule has 0 saturated heterocycles. The molecule has 1 aromatic carbocycles. The molecule has 1 amide bonds. The van der Waals surface area contributed by atoms with Crippen LogP contribution in [0.1, 0.15) is 52.6 Å².